The zero-order valence-electron chi connectivity index (χ0n) is 16.9. The van der Waals surface area contributed by atoms with Crippen LogP contribution in [0.25, 0.3) is 11.1 Å². The highest BCUT2D eigenvalue weighted by atomic mass is 16.5. The van der Waals surface area contributed by atoms with Gasteiger partial charge in [0.1, 0.15) is 17.9 Å². The van der Waals surface area contributed by atoms with Gasteiger partial charge < -0.3 is 4.74 Å². The Balaban J connectivity index is 1.88. The van der Waals surface area contributed by atoms with Crippen LogP contribution in [0.5, 0.6) is 5.75 Å². The minimum atomic E-state index is 0.393. The molecule has 2 aromatic rings. The van der Waals surface area contributed by atoms with Crippen LogP contribution in [0.1, 0.15) is 74.5 Å². The van der Waals surface area contributed by atoms with Crippen LogP contribution in [-0.2, 0) is 0 Å². The summed E-state index contributed by atoms with van der Waals surface area (Å²) in [6.45, 7) is 2.25. The number of benzene rings is 2. The van der Waals surface area contributed by atoms with Crippen LogP contribution in [0.3, 0.4) is 0 Å². The molecule has 28 heavy (non-hydrogen) atoms. The van der Waals surface area contributed by atoms with Crippen LogP contribution in [0, 0.1) is 28.6 Å². The predicted octanol–water partition coefficient (Wildman–Crippen LogP) is 6.57. The fraction of sp³-hybridized carbons (Fsp3) is 0.440. The van der Waals surface area contributed by atoms with Gasteiger partial charge in [-0.1, -0.05) is 50.5 Å². The van der Waals surface area contributed by atoms with E-state index < -0.39 is 0 Å². The first-order chi connectivity index (χ1) is 13.7. The normalized spacial score (nSPS) is 18.9. The largest absolute Gasteiger partial charge is 0.497 e. The number of rotatable bonds is 6. The first-order valence-corrected chi connectivity index (χ1v) is 10.3. The highest BCUT2D eigenvalue weighted by Gasteiger charge is 2.26. The van der Waals surface area contributed by atoms with Gasteiger partial charge in [0.2, 0.25) is 0 Å². The average molecular weight is 373 g/mol. The van der Waals surface area contributed by atoms with Gasteiger partial charge in [0.25, 0.3) is 0 Å². The first kappa shape index (κ1) is 20.0. The van der Waals surface area contributed by atoms with Gasteiger partial charge in [0.15, 0.2) is 0 Å². The Hall–Kier alpha value is -2.78. The molecule has 3 heteroatoms. The number of methoxy groups -OCH3 is 1. The summed E-state index contributed by atoms with van der Waals surface area (Å²) in [4.78, 5) is 0. The van der Waals surface area contributed by atoms with E-state index in [0.717, 1.165) is 41.2 Å². The molecule has 0 bridgehead atoms. The molecule has 0 spiro atoms. The monoisotopic (exact) mass is 372 g/mol. The van der Waals surface area contributed by atoms with Crippen LogP contribution in [0.2, 0.25) is 0 Å². The van der Waals surface area contributed by atoms with Crippen molar-refractivity contribution in [2.45, 2.75) is 57.8 Å². The smallest absolute Gasteiger partial charge is 0.118 e. The zero-order valence-corrected chi connectivity index (χ0v) is 16.9. The van der Waals surface area contributed by atoms with Crippen LogP contribution in [-0.4, -0.2) is 7.11 Å². The molecule has 0 aliphatic heterocycles. The standard InChI is InChI=1S/C25H28N2O/c1-3-4-5-18-6-8-19(9-7-18)22-14-15-23(25(17-27)24(22)16-26)20-10-12-21(28-2)13-11-20/h10-15,18-19H,3-9H2,1-2H3/t18-,19-. The first-order valence-electron chi connectivity index (χ1n) is 10.3. The molecule has 0 N–H and O–H groups in total. The van der Waals surface area contributed by atoms with E-state index in [1.54, 1.807) is 7.11 Å². The minimum Gasteiger partial charge on any atom is -0.497 e. The molecular formula is C25H28N2O. The topological polar surface area (TPSA) is 56.8 Å². The Morgan fingerprint density at radius 1 is 0.929 bits per heavy atom. The Morgan fingerprint density at radius 2 is 1.61 bits per heavy atom. The van der Waals surface area contributed by atoms with Crippen LogP contribution >= 0.6 is 0 Å². The fourth-order valence-electron chi connectivity index (χ4n) is 4.46. The summed E-state index contributed by atoms with van der Waals surface area (Å²) >= 11 is 0. The van der Waals surface area contributed by atoms with Crippen molar-refractivity contribution in [3.63, 3.8) is 0 Å². The van der Waals surface area contributed by atoms with Gasteiger partial charge in [0.05, 0.1) is 18.2 Å². The highest BCUT2D eigenvalue weighted by Crippen LogP contribution is 2.41. The van der Waals surface area contributed by atoms with Gasteiger partial charge >= 0.3 is 0 Å². The summed E-state index contributed by atoms with van der Waals surface area (Å²) < 4.78 is 5.22. The van der Waals surface area contributed by atoms with E-state index >= 15 is 0 Å². The number of hydrogen-bond acceptors (Lipinski definition) is 3. The molecular weight excluding hydrogens is 344 g/mol. The molecule has 1 aliphatic carbocycles. The molecule has 0 aromatic heterocycles. The van der Waals surface area contributed by atoms with Gasteiger partial charge in [-0.15, -0.1) is 0 Å². The van der Waals surface area contributed by atoms with E-state index in [4.69, 9.17) is 4.74 Å². The lowest BCUT2D eigenvalue weighted by Crippen LogP contribution is -2.15. The summed E-state index contributed by atoms with van der Waals surface area (Å²) in [6.07, 6.45) is 8.61. The van der Waals surface area contributed by atoms with E-state index in [0.29, 0.717) is 17.0 Å². The van der Waals surface area contributed by atoms with Crippen molar-refractivity contribution >= 4 is 0 Å². The van der Waals surface area contributed by atoms with Crippen molar-refractivity contribution in [3.05, 3.63) is 53.1 Å². The van der Waals surface area contributed by atoms with E-state index in [1.807, 2.05) is 30.3 Å². The molecule has 1 saturated carbocycles. The molecule has 3 rings (SSSR count). The fourth-order valence-corrected chi connectivity index (χ4v) is 4.46. The number of ether oxygens (including phenoxy) is 1. The maximum Gasteiger partial charge on any atom is 0.118 e. The van der Waals surface area contributed by atoms with Crippen molar-refractivity contribution in [2.75, 3.05) is 7.11 Å². The van der Waals surface area contributed by atoms with E-state index in [9.17, 15) is 10.5 Å². The van der Waals surface area contributed by atoms with E-state index in [1.165, 1.54) is 32.1 Å². The Kier molecular flexibility index (Phi) is 6.72. The number of nitriles is 2. The van der Waals surface area contributed by atoms with Crippen molar-refractivity contribution in [2.24, 2.45) is 5.92 Å². The average Bonchev–Trinajstić information content (AvgIpc) is 2.77. The van der Waals surface area contributed by atoms with E-state index in [-0.39, 0.29) is 0 Å². The third kappa shape index (κ3) is 4.20. The second kappa shape index (κ2) is 9.43. The second-order valence-electron chi connectivity index (χ2n) is 7.76. The molecule has 3 nitrogen and oxygen atoms in total. The van der Waals surface area contributed by atoms with Crippen molar-refractivity contribution in [1.82, 2.24) is 0 Å². The van der Waals surface area contributed by atoms with Crippen molar-refractivity contribution < 1.29 is 4.74 Å². The van der Waals surface area contributed by atoms with Crippen LogP contribution in [0.15, 0.2) is 36.4 Å². The summed E-state index contributed by atoms with van der Waals surface area (Å²) in [5.41, 5.74) is 3.88. The lowest BCUT2D eigenvalue weighted by Gasteiger charge is -2.29. The van der Waals surface area contributed by atoms with Gasteiger partial charge in [-0.3, -0.25) is 0 Å². The summed E-state index contributed by atoms with van der Waals surface area (Å²) in [5, 5.41) is 19.7. The molecule has 0 radical (unpaired) electrons. The summed E-state index contributed by atoms with van der Waals surface area (Å²) in [6, 6.07) is 16.4. The highest BCUT2D eigenvalue weighted by molar-refractivity contribution is 5.75. The van der Waals surface area contributed by atoms with Crippen molar-refractivity contribution in [1.29, 1.82) is 10.5 Å². The molecule has 2 aromatic carbocycles. The number of unbranched alkanes of at least 4 members (excludes halogenated alkanes) is 1. The number of hydrogen-bond donors (Lipinski definition) is 0. The predicted molar refractivity (Wildman–Crippen MR) is 112 cm³/mol. The Bertz CT molecular complexity index is 878. The molecule has 144 valence electrons. The molecule has 0 heterocycles. The summed E-state index contributed by atoms with van der Waals surface area (Å²) in [7, 11) is 1.63. The molecule has 1 aliphatic rings. The van der Waals surface area contributed by atoms with Crippen LogP contribution < -0.4 is 4.74 Å². The third-order valence-corrected chi connectivity index (χ3v) is 6.11. The van der Waals surface area contributed by atoms with Gasteiger partial charge in [-0.2, -0.15) is 10.5 Å². The maximum atomic E-state index is 9.86. The van der Waals surface area contributed by atoms with Gasteiger partial charge in [-0.25, -0.2) is 0 Å². The minimum absolute atomic E-state index is 0.393. The third-order valence-electron chi connectivity index (χ3n) is 6.11. The lowest BCUT2D eigenvalue weighted by molar-refractivity contribution is 0.304. The zero-order chi connectivity index (χ0) is 19.9. The van der Waals surface area contributed by atoms with Gasteiger partial charge in [-0.05, 0) is 60.8 Å². The van der Waals surface area contributed by atoms with Crippen LogP contribution in [0.4, 0.5) is 0 Å². The molecule has 0 unspecified atom stereocenters. The second-order valence-corrected chi connectivity index (χ2v) is 7.76. The maximum absolute atomic E-state index is 9.86. The molecule has 0 atom stereocenters. The van der Waals surface area contributed by atoms with Gasteiger partial charge in [0, 0.05) is 5.56 Å². The molecule has 1 fully saturated rings. The molecule has 0 saturated heterocycles. The lowest BCUT2D eigenvalue weighted by atomic mass is 9.75. The molecule has 0 amide bonds. The van der Waals surface area contributed by atoms with Crippen molar-refractivity contribution in [3.8, 4) is 29.0 Å². The Morgan fingerprint density at radius 3 is 2.18 bits per heavy atom. The van der Waals surface area contributed by atoms with E-state index in [2.05, 4.69) is 25.1 Å². The number of nitrogens with zero attached hydrogens (tertiary/aromatic N) is 2. The summed E-state index contributed by atoms with van der Waals surface area (Å²) in [5.74, 6) is 2.00. The Labute approximate surface area is 168 Å². The quantitative estimate of drug-likeness (QED) is 0.576. The SMILES string of the molecule is CCCC[C@H]1CC[C@H](c2ccc(-c3ccc(OC)cc3)c(C#N)c2C#N)CC1.